The Bertz CT molecular complexity index is 1570. The van der Waals surface area contributed by atoms with Crippen LogP contribution in [0.5, 0.6) is 5.75 Å². The average Bonchev–Trinajstić information content (AvgIpc) is 3.69. The number of likely N-dealkylation sites (N-methyl/N-ethyl adjacent to an activating group) is 1. The van der Waals surface area contributed by atoms with Gasteiger partial charge in [-0.1, -0.05) is 64.5 Å². The molecule has 2 aliphatic heterocycles. The molecular formula is C42H69N9O8. The maximum absolute atomic E-state index is 14.1. The molecule has 7 amide bonds. The zero-order valence-electron chi connectivity index (χ0n) is 35.6. The fourth-order valence-electron chi connectivity index (χ4n) is 7.50. The molecule has 2 aliphatic rings. The van der Waals surface area contributed by atoms with E-state index in [1.807, 2.05) is 13.8 Å². The molecule has 3 rings (SSSR count). The predicted octanol–water partition coefficient (Wildman–Crippen LogP) is 0.705. The van der Waals surface area contributed by atoms with Crippen molar-refractivity contribution in [3.63, 3.8) is 0 Å². The van der Waals surface area contributed by atoms with Crippen molar-refractivity contribution >= 4 is 41.4 Å². The minimum atomic E-state index is -1.13. The number of nitrogens with zero attached hydrogens (tertiary/aromatic N) is 2. The lowest BCUT2D eigenvalue weighted by atomic mass is 9.99. The summed E-state index contributed by atoms with van der Waals surface area (Å²) < 4.78 is 0. The Hall–Kier alpha value is -4.77. The highest BCUT2D eigenvalue weighted by Gasteiger charge is 2.39. The number of rotatable bonds is 13. The van der Waals surface area contributed by atoms with Crippen LogP contribution in [0.15, 0.2) is 24.3 Å². The Morgan fingerprint density at radius 3 is 2.17 bits per heavy atom. The second-order valence-electron chi connectivity index (χ2n) is 16.6. The molecule has 2 saturated heterocycles. The smallest absolute Gasteiger partial charge is 0.245 e. The van der Waals surface area contributed by atoms with E-state index in [0.29, 0.717) is 76.4 Å². The minimum absolute atomic E-state index is 0.0355. The predicted molar refractivity (Wildman–Crippen MR) is 223 cm³/mol. The van der Waals surface area contributed by atoms with Crippen LogP contribution in [-0.2, 0) is 40.0 Å². The SMILES string of the molecule is CC(C)C[C@@H]1NC(=O)[C@@H](NC(=O)[C@H](Cc2ccc(O)cc2)NC(=O)[C@@H](N)CCCCN)CCCCCCC[C@@H](C(=O)N(C)C)NC(=O)[C@@H]2CCCN2C(=O)[C@H](C)NC1=O. The Kier molecular flexibility index (Phi) is 20.1. The van der Waals surface area contributed by atoms with Crippen molar-refractivity contribution in [3.8, 4) is 5.75 Å². The van der Waals surface area contributed by atoms with Crippen molar-refractivity contribution in [2.45, 2.75) is 153 Å². The van der Waals surface area contributed by atoms with Gasteiger partial charge in [0.15, 0.2) is 0 Å². The molecule has 10 N–H and O–H groups in total. The van der Waals surface area contributed by atoms with Crippen LogP contribution in [0.2, 0.25) is 0 Å². The number of amides is 7. The van der Waals surface area contributed by atoms with Gasteiger partial charge in [-0.3, -0.25) is 33.6 Å². The van der Waals surface area contributed by atoms with E-state index in [-0.39, 0.29) is 36.8 Å². The third-order valence-electron chi connectivity index (χ3n) is 10.9. The summed E-state index contributed by atoms with van der Waals surface area (Å²) >= 11 is 0. The van der Waals surface area contributed by atoms with Gasteiger partial charge in [-0.2, -0.15) is 0 Å². The van der Waals surface area contributed by atoms with Crippen molar-refractivity contribution < 1.29 is 38.7 Å². The second-order valence-corrected chi connectivity index (χ2v) is 16.6. The number of unbranched alkanes of at least 4 members (excludes halogenated alkanes) is 1. The molecule has 17 nitrogen and oxygen atoms in total. The highest BCUT2D eigenvalue weighted by atomic mass is 16.3. The van der Waals surface area contributed by atoms with Gasteiger partial charge in [-0.05, 0) is 82.0 Å². The van der Waals surface area contributed by atoms with Crippen molar-refractivity contribution in [1.82, 2.24) is 36.4 Å². The van der Waals surface area contributed by atoms with Crippen LogP contribution in [0.3, 0.4) is 0 Å². The van der Waals surface area contributed by atoms with Gasteiger partial charge in [0.05, 0.1) is 6.04 Å². The number of fused-ring (bicyclic) bond motifs is 1. The van der Waals surface area contributed by atoms with Crippen LogP contribution in [0, 0.1) is 5.92 Å². The van der Waals surface area contributed by atoms with E-state index in [4.69, 9.17) is 11.5 Å². The summed E-state index contributed by atoms with van der Waals surface area (Å²) in [4.78, 5) is 98.6. The Morgan fingerprint density at radius 2 is 1.53 bits per heavy atom. The Morgan fingerprint density at radius 1 is 0.864 bits per heavy atom. The molecule has 0 radical (unpaired) electrons. The minimum Gasteiger partial charge on any atom is -0.508 e. The topological polar surface area (TPSA) is 258 Å². The molecule has 0 unspecified atom stereocenters. The number of benzene rings is 1. The Balaban J connectivity index is 1.90. The fraction of sp³-hybridized carbons (Fsp3) is 0.690. The number of aromatic hydroxyl groups is 1. The fourth-order valence-corrected chi connectivity index (χ4v) is 7.50. The second kappa shape index (κ2) is 24.3. The molecule has 2 fully saturated rings. The lowest BCUT2D eigenvalue weighted by molar-refractivity contribution is -0.142. The van der Waals surface area contributed by atoms with Crippen molar-refractivity contribution in [2.24, 2.45) is 17.4 Å². The lowest BCUT2D eigenvalue weighted by Crippen LogP contribution is -2.59. The molecule has 7 atom stereocenters. The molecule has 17 heteroatoms. The van der Waals surface area contributed by atoms with E-state index < -0.39 is 77.7 Å². The summed E-state index contributed by atoms with van der Waals surface area (Å²) in [6, 6.07) is -0.555. The number of hydrogen-bond donors (Lipinski definition) is 8. The molecule has 0 aromatic heterocycles. The van der Waals surface area contributed by atoms with Gasteiger partial charge in [-0.15, -0.1) is 0 Å². The summed E-state index contributed by atoms with van der Waals surface area (Å²) in [5.74, 6) is -3.46. The van der Waals surface area contributed by atoms with Crippen LogP contribution in [0.25, 0.3) is 0 Å². The quantitative estimate of drug-likeness (QED) is 0.129. The maximum atomic E-state index is 14.1. The molecule has 330 valence electrons. The molecule has 0 aliphatic carbocycles. The first-order valence-corrected chi connectivity index (χ1v) is 21.3. The zero-order valence-corrected chi connectivity index (χ0v) is 35.6. The maximum Gasteiger partial charge on any atom is 0.245 e. The zero-order chi connectivity index (χ0) is 43.6. The van der Waals surface area contributed by atoms with Crippen LogP contribution in [0.4, 0.5) is 0 Å². The number of nitrogens with one attached hydrogen (secondary N) is 5. The average molecular weight is 828 g/mol. The Labute approximate surface area is 348 Å². The van der Waals surface area contributed by atoms with E-state index in [0.717, 1.165) is 12.8 Å². The summed E-state index contributed by atoms with van der Waals surface area (Å²) in [5, 5.41) is 23.9. The van der Waals surface area contributed by atoms with Gasteiger partial charge in [0, 0.05) is 27.1 Å². The molecule has 2 heterocycles. The number of carbonyl (C=O) groups is 7. The van der Waals surface area contributed by atoms with E-state index in [1.165, 1.54) is 28.9 Å². The molecular weight excluding hydrogens is 759 g/mol. The first-order chi connectivity index (χ1) is 28.0. The van der Waals surface area contributed by atoms with Crippen LogP contribution >= 0.6 is 0 Å². The van der Waals surface area contributed by atoms with Crippen molar-refractivity contribution in [2.75, 3.05) is 27.2 Å². The summed E-state index contributed by atoms with van der Waals surface area (Å²) in [6.45, 7) is 6.08. The molecule has 0 saturated carbocycles. The standard InChI is InChI=1S/C42H69N9O8/c1-26(2)24-33-38(55)45-27(3)41(58)51-23-13-17-35(51)40(57)47-32(42(59)50(4)5)16-10-8-6-7-9-15-31(37(54)49-33)46-39(56)34(25-28-18-20-29(52)21-19-28)48-36(53)30(44)14-11-12-22-43/h18-21,26-27,30-35,52H,6-17,22-25,43-44H2,1-5H3,(H,45,55)(H,46,56)(H,47,57)(H,48,53)(H,49,54)/t27-,30-,31-,32-,33-,34-,35-/m0/s1. The monoisotopic (exact) mass is 828 g/mol. The van der Waals surface area contributed by atoms with Crippen molar-refractivity contribution in [1.29, 1.82) is 0 Å². The lowest BCUT2D eigenvalue weighted by Gasteiger charge is -2.30. The van der Waals surface area contributed by atoms with E-state index in [1.54, 1.807) is 26.2 Å². The van der Waals surface area contributed by atoms with Gasteiger partial charge in [0.25, 0.3) is 0 Å². The first-order valence-electron chi connectivity index (χ1n) is 21.3. The largest absolute Gasteiger partial charge is 0.508 e. The van der Waals surface area contributed by atoms with Gasteiger partial charge in [0.2, 0.25) is 41.4 Å². The third-order valence-corrected chi connectivity index (χ3v) is 10.9. The number of phenols is 1. The normalized spacial score (nSPS) is 23.9. The van der Waals surface area contributed by atoms with E-state index in [9.17, 15) is 38.7 Å². The van der Waals surface area contributed by atoms with Gasteiger partial charge in [-0.25, -0.2) is 0 Å². The number of nitrogens with two attached hydrogens (primary N) is 2. The highest BCUT2D eigenvalue weighted by Crippen LogP contribution is 2.21. The summed E-state index contributed by atoms with van der Waals surface area (Å²) in [5.41, 5.74) is 12.4. The van der Waals surface area contributed by atoms with Gasteiger partial charge >= 0.3 is 0 Å². The third kappa shape index (κ3) is 15.7. The van der Waals surface area contributed by atoms with Crippen molar-refractivity contribution in [3.05, 3.63) is 29.8 Å². The molecule has 0 spiro atoms. The molecule has 1 aromatic carbocycles. The number of hydrogen-bond acceptors (Lipinski definition) is 10. The highest BCUT2D eigenvalue weighted by molar-refractivity contribution is 5.97. The van der Waals surface area contributed by atoms with Crippen LogP contribution in [0.1, 0.15) is 110 Å². The molecule has 1 aromatic rings. The molecule has 59 heavy (non-hydrogen) atoms. The van der Waals surface area contributed by atoms with E-state index in [2.05, 4.69) is 26.6 Å². The van der Waals surface area contributed by atoms with Gasteiger partial charge in [0.1, 0.15) is 42.0 Å². The first kappa shape index (κ1) is 48.6. The van der Waals surface area contributed by atoms with Crippen LogP contribution < -0.4 is 38.1 Å². The number of carbonyl (C=O) groups excluding carboxylic acids is 7. The van der Waals surface area contributed by atoms with Crippen LogP contribution in [-0.4, -0.2) is 126 Å². The van der Waals surface area contributed by atoms with E-state index >= 15 is 0 Å². The number of phenolic OH excluding ortho intramolecular Hbond substituents is 1. The summed E-state index contributed by atoms with van der Waals surface area (Å²) in [7, 11) is 3.25. The summed E-state index contributed by atoms with van der Waals surface area (Å²) in [6.07, 6.45) is 6.93. The van der Waals surface area contributed by atoms with Gasteiger partial charge < -0.3 is 53.0 Å². The molecule has 0 bridgehead atoms.